The van der Waals surface area contributed by atoms with Gasteiger partial charge >= 0.3 is 5.97 Å². The van der Waals surface area contributed by atoms with Gasteiger partial charge < -0.3 is 10.2 Å². The van der Waals surface area contributed by atoms with E-state index in [4.69, 9.17) is 0 Å². The summed E-state index contributed by atoms with van der Waals surface area (Å²) in [5.41, 5.74) is 2.04. The summed E-state index contributed by atoms with van der Waals surface area (Å²) in [6, 6.07) is 0. The van der Waals surface area contributed by atoms with Gasteiger partial charge in [-0.2, -0.15) is 0 Å². The Morgan fingerprint density at radius 3 is 2.71 bits per heavy atom. The molecule has 0 bridgehead atoms. The van der Waals surface area contributed by atoms with Crippen LogP contribution in [0.2, 0.25) is 0 Å². The fourth-order valence-electron chi connectivity index (χ4n) is 7.30. The molecule has 3 fully saturated rings. The molecule has 3 nitrogen and oxygen atoms in total. The van der Waals surface area contributed by atoms with E-state index in [0.717, 1.165) is 43.9 Å². The van der Waals surface area contributed by atoms with Crippen LogP contribution in [0.3, 0.4) is 0 Å². The van der Waals surface area contributed by atoms with Gasteiger partial charge in [0.2, 0.25) is 0 Å². The summed E-state index contributed by atoms with van der Waals surface area (Å²) >= 11 is 0. The monoisotopic (exact) mass is 332 g/mol. The van der Waals surface area contributed by atoms with Gasteiger partial charge in [-0.1, -0.05) is 25.5 Å². The number of aliphatic hydroxyl groups excluding tert-OH is 1. The molecule has 4 aliphatic rings. The van der Waals surface area contributed by atoms with Crippen molar-refractivity contribution in [2.75, 3.05) is 0 Å². The molecule has 0 amide bonds. The molecule has 4 aliphatic carbocycles. The predicted octanol–water partition coefficient (Wildman–Crippen LogP) is 4.40. The topological polar surface area (TPSA) is 57.5 Å². The molecule has 2 N–H and O–H groups in total. The number of allylic oxidation sites excluding steroid dienone is 1. The first-order chi connectivity index (χ1) is 11.3. The highest BCUT2D eigenvalue weighted by Gasteiger charge is 2.58. The van der Waals surface area contributed by atoms with Crippen molar-refractivity contribution in [2.45, 2.75) is 77.7 Å². The standard InChI is InChI=1S/C21H32O3/c1-20-9-7-15(22)11-13(20)3-5-16-17-6-4-14(12-19(23)24)21(17,2)10-8-18(16)20/h3,14-18,22H,4-12H2,1-2H3,(H,23,24). The largest absolute Gasteiger partial charge is 0.481 e. The number of hydrogen-bond donors (Lipinski definition) is 2. The van der Waals surface area contributed by atoms with Crippen LogP contribution in [0.1, 0.15) is 71.6 Å². The van der Waals surface area contributed by atoms with Crippen LogP contribution in [0, 0.1) is 34.5 Å². The Labute approximate surface area is 145 Å². The van der Waals surface area contributed by atoms with Crippen molar-refractivity contribution in [3.63, 3.8) is 0 Å². The van der Waals surface area contributed by atoms with E-state index >= 15 is 0 Å². The highest BCUT2D eigenvalue weighted by molar-refractivity contribution is 5.67. The minimum Gasteiger partial charge on any atom is -0.481 e. The molecule has 24 heavy (non-hydrogen) atoms. The smallest absolute Gasteiger partial charge is 0.303 e. The van der Waals surface area contributed by atoms with E-state index in [1.165, 1.54) is 24.8 Å². The first-order valence-electron chi connectivity index (χ1n) is 9.94. The second-order valence-electron chi connectivity index (χ2n) is 9.57. The average Bonchev–Trinajstić information content (AvgIpc) is 2.84. The quantitative estimate of drug-likeness (QED) is 0.737. The van der Waals surface area contributed by atoms with E-state index in [1.54, 1.807) is 0 Å². The van der Waals surface area contributed by atoms with Crippen LogP contribution in [0.5, 0.6) is 0 Å². The number of aliphatic carboxylic acids is 1. The lowest BCUT2D eigenvalue weighted by atomic mass is 9.47. The zero-order chi connectivity index (χ0) is 17.1. The Morgan fingerprint density at radius 2 is 1.96 bits per heavy atom. The van der Waals surface area contributed by atoms with E-state index in [9.17, 15) is 15.0 Å². The molecule has 0 saturated heterocycles. The summed E-state index contributed by atoms with van der Waals surface area (Å²) in [5, 5.41) is 19.4. The average molecular weight is 332 g/mol. The highest BCUT2D eigenvalue weighted by Crippen LogP contribution is 2.66. The van der Waals surface area contributed by atoms with Crippen molar-refractivity contribution in [1.29, 1.82) is 0 Å². The van der Waals surface area contributed by atoms with Gasteiger partial charge in [-0.15, -0.1) is 0 Å². The number of hydrogen-bond acceptors (Lipinski definition) is 2. The molecular weight excluding hydrogens is 300 g/mol. The molecule has 134 valence electrons. The molecule has 3 saturated carbocycles. The lowest BCUT2D eigenvalue weighted by Gasteiger charge is -2.58. The third-order valence-corrected chi connectivity index (χ3v) is 8.70. The molecule has 7 atom stereocenters. The van der Waals surface area contributed by atoms with Gasteiger partial charge in [0.05, 0.1) is 6.10 Å². The van der Waals surface area contributed by atoms with Crippen LogP contribution in [0.4, 0.5) is 0 Å². The normalized spacial score (nSPS) is 50.5. The fourth-order valence-corrected chi connectivity index (χ4v) is 7.30. The van der Waals surface area contributed by atoms with Crippen molar-refractivity contribution >= 4 is 5.97 Å². The second kappa shape index (κ2) is 5.59. The maximum Gasteiger partial charge on any atom is 0.303 e. The Balaban J connectivity index is 1.62. The Kier molecular flexibility index (Phi) is 3.87. The molecule has 0 radical (unpaired) electrons. The van der Waals surface area contributed by atoms with Crippen LogP contribution in [0.25, 0.3) is 0 Å². The summed E-state index contributed by atoms with van der Waals surface area (Å²) in [4.78, 5) is 11.3. The first kappa shape index (κ1) is 16.6. The minimum absolute atomic E-state index is 0.138. The van der Waals surface area contributed by atoms with E-state index in [2.05, 4.69) is 19.9 Å². The van der Waals surface area contributed by atoms with Crippen molar-refractivity contribution in [2.24, 2.45) is 34.5 Å². The summed E-state index contributed by atoms with van der Waals surface area (Å²) in [7, 11) is 0. The van der Waals surface area contributed by atoms with E-state index in [1.807, 2.05) is 0 Å². The Hall–Kier alpha value is -0.830. The molecule has 0 heterocycles. The summed E-state index contributed by atoms with van der Waals surface area (Å²) in [6.07, 6.45) is 11.5. The van der Waals surface area contributed by atoms with Crippen LogP contribution in [-0.4, -0.2) is 22.3 Å². The maximum atomic E-state index is 11.3. The van der Waals surface area contributed by atoms with Gasteiger partial charge in [0.15, 0.2) is 0 Å². The number of aliphatic hydroxyl groups is 1. The van der Waals surface area contributed by atoms with Crippen LogP contribution in [0.15, 0.2) is 11.6 Å². The number of carbonyl (C=O) groups is 1. The molecule has 7 unspecified atom stereocenters. The molecular formula is C21H32O3. The van der Waals surface area contributed by atoms with Crippen molar-refractivity contribution < 1.29 is 15.0 Å². The summed E-state index contributed by atoms with van der Waals surface area (Å²) in [6.45, 7) is 4.84. The zero-order valence-electron chi connectivity index (χ0n) is 15.1. The van der Waals surface area contributed by atoms with E-state index < -0.39 is 5.97 Å². The molecule has 0 aromatic rings. The molecule has 0 aliphatic heterocycles. The molecule has 4 rings (SSSR count). The number of fused-ring (bicyclic) bond motifs is 5. The molecule has 0 aromatic heterocycles. The predicted molar refractivity (Wildman–Crippen MR) is 93.5 cm³/mol. The molecule has 0 aromatic carbocycles. The second-order valence-corrected chi connectivity index (χ2v) is 9.57. The van der Waals surface area contributed by atoms with Gasteiger partial charge in [-0.05, 0) is 85.9 Å². The van der Waals surface area contributed by atoms with E-state index in [-0.39, 0.29) is 16.9 Å². The Bertz CT molecular complexity index is 567. The first-order valence-corrected chi connectivity index (χ1v) is 9.94. The maximum absolute atomic E-state index is 11.3. The Morgan fingerprint density at radius 1 is 1.17 bits per heavy atom. The minimum atomic E-state index is -0.622. The van der Waals surface area contributed by atoms with Gasteiger partial charge in [-0.3, -0.25) is 4.79 Å². The van der Waals surface area contributed by atoms with Crippen molar-refractivity contribution in [1.82, 2.24) is 0 Å². The van der Waals surface area contributed by atoms with Gasteiger partial charge in [0.1, 0.15) is 0 Å². The lowest BCUT2D eigenvalue weighted by molar-refractivity contribution is -0.140. The summed E-state index contributed by atoms with van der Waals surface area (Å²) in [5.74, 6) is 1.91. The highest BCUT2D eigenvalue weighted by atomic mass is 16.4. The zero-order valence-corrected chi connectivity index (χ0v) is 15.1. The van der Waals surface area contributed by atoms with Crippen LogP contribution in [-0.2, 0) is 4.79 Å². The number of carboxylic acids is 1. The molecule has 3 heteroatoms. The SMILES string of the molecule is CC12CCC(O)CC1=CCC1C2CCC2(C)C(CC(=O)O)CCC12. The third-order valence-electron chi connectivity index (χ3n) is 8.70. The number of carboxylic acid groups (broad SMARTS) is 1. The van der Waals surface area contributed by atoms with E-state index in [0.29, 0.717) is 18.3 Å². The van der Waals surface area contributed by atoms with Crippen LogP contribution < -0.4 is 0 Å². The van der Waals surface area contributed by atoms with Gasteiger partial charge in [0.25, 0.3) is 0 Å². The molecule has 0 spiro atoms. The van der Waals surface area contributed by atoms with Gasteiger partial charge in [-0.25, -0.2) is 0 Å². The van der Waals surface area contributed by atoms with Crippen molar-refractivity contribution in [3.05, 3.63) is 11.6 Å². The van der Waals surface area contributed by atoms with Crippen molar-refractivity contribution in [3.8, 4) is 0 Å². The fraction of sp³-hybridized carbons (Fsp3) is 0.857. The number of rotatable bonds is 2. The lowest BCUT2D eigenvalue weighted by Crippen LogP contribution is -2.50. The van der Waals surface area contributed by atoms with Gasteiger partial charge in [0, 0.05) is 6.42 Å². The van der Waals surface area contributed by atoms with Crippen LogP contribution >= 0.6 is 0 Å². The summed E-state index contributed by atoms with van der Waals surface area (Å²) < 4.78 is 0. The third kappa shape index (κ3) is 2.30.